The molecule has 6 nitrogen and oxygen atoms in total. The number of carbonyl (C=O) groups excluding carboxylic acids is 2. The van der Waals surface area contributed by atoms with Gasteiger partial charge in [-0.25, -0.2) is 4.39 Å². The third kappa shape index (κ3) is 4.81. The zero-order valence-electron chi connectivity index (χ0n) is 20.6. The summed E-state index contributed by atoms with van der Waals surface area (Å²) in [6, 6.07) is 4.54. The van der Waals surface area contributed by atoms with Crippen LogP contribution in [0.5, 0.6) is 0 Å². The number of nitrogens with one attached hydrogen (secondary N) is 2. The SMILES string of the molecule is CC(NC(=O)CCNC(=O)C12CC3CC(CC(C3)C1)C2)c1cc(F)ccc1N1CCN(C)CC1. The lowest BCUT2D eigenvalue weighted by Gasteiger charge is -2.55. The molecule has 186 valence electrons. The Hall–Kier alpha value is -2.15. The highest BCUT2D eigenvalue weighted by atomic mass is 19.1. The molecule has 1 heterocycles. The molecule has 1 atom stereocenters. The highest BCUT2D eigenvalue weighted by molar-refractivity contribution is 5.84. The van der Waals surface area contributed by atoms with E-state index in [-0.39, 0.29) is 35.5 Å². The lowest BCUT2D eigenvalue weighted by molar-refractivity contribution is -0.146. The number of rotatable bonds is 7. The number of halogens is 1. The minimum absolute atomic E-state index is 0.119. The number of nitrogens with zero attached hydrogens (tertiary/aromatic N) is 2. The Kier molecular flexibility index (Phi) is 6.58. The van der Waals surface area contributed by atoms with Gasteiger partial charge in [0, 0.05) is 55.8 Å². The minimum Gasteiger partial charge on any atom is -0.369 e. The first-order valence-electron chi connectivity index (χ1n) is 13.1. The molecule has 2 N–H and O–H groups in total. The van der Waals surface area contributed by atoms with Gasteiger partial charge >= 0.3 is 0 Å². The van der Waals surface area contributed by atoms with E-state index in [0.29, 0.717) is 6.54 Å². The first kappa shape index (κ1) is 23.6. The molecule has 0 spiro atoms. The minimum atomic E-state index is -0.309. The van der Waals surface area contributed by atoms with Crippen LogP contribution in [-0.2, 0) is 9.59 Å². The average molecular weight is 471 g/mol. The molecule has 34 heavy (non-hydrogen) atoms. The summed E-state index contributed by atoms with van der Waals surface area (Å²) in [7, 11) is 2.10. The number of amides is 2. The topological polar surface area (TPSA) is 64.7 Å². The van der Waals surface area contributed by atoms with Crippen LogP contribution in [0.3, 0.4) is 0 Å². The van der Waals surface area contributed by atoms with Crippen LogP contribution in [0.25, 0.3) is 0 Å². The predicted molar refractivity (Wildman–Crippen MR) is 131 cm³/mol. The standard InChI is InChI=1S/C27H39FN4O2/c1-18(23-14-22(28)3-4-24(23)32-9-7-31(2)8-10-32)30-25(33)5-6-29-26(34)27-15-19-11-20(16-27)13-21(12-19)17-27/h3-4,14,18-21H,5-13,15-17H2,1-2H3,(H,29,34)(H,30,33). The highest BCUT2D eigenvalue weighted by Gasteiger charge is 2.54. The van der Waals surface area contributed by atoms with Crippen LogP contribution in [0.4, 0.5) is 10.1 Å². The van der Waals surface area contributed by atoms with Crippen LogP contribution in [0.2, 0.25) is 0 Å². The van der Waals surface area contributed by atoms with Gasteiger partial charge in [0.25, 0.3) is 0 Å². The molecule has 1 saturated heterocycles. The van der Waals surface area contributed by atoms with Gasteiger partial charge in [0.2, 0.25) is 11.8 Å². The summed E-state index contributed by atoms with van der Waals surface area (Å²) in [6.07, 6.45) is 7.25. The van der Waals surface area contributed by atoms with E-state index in [1.165, 1.54) is 31.4 Å². The van der Waals surface area contributed by atoms with Crippen molar-refractivity contribution in [3.05, 3.63) is 29.6 Å². The molecule has 5 fully saturated rings. The monoisotopic (exact) mass is 470 g/mol. The molecule has 6 rings (SSSR count). The molecule has 0 radical (unpaired) electrons. The number of hydrogen-bond acceptors (Lipinski definition) is 4. The Morgan fingerprint density at radius 2 is 1.68 bits per heavy atom. The van der Waals surface area contributed by atoms with Gasteiger partial charge in [-0.15, -0.1) is 0 Å². The van der Waals surface area contributed by atoms with E-state index in [1.54, 1.807) is 0 Å². The van der Waals surface area contributed by atoms with E-state index < -0.39 is 0 Å². The Balaban J connectivity index is 1.14. The maximum absolute atomic E-state index is 14.1. The molecule has 1 aromatic carbocycles. The first-order chi connectivity index (χ1) is 16.3. The molecule has 2 amide bonds. The van der Waals surface area contributed by atoms with Crippen molar-refractivity contribution in [2.45, 2.75) is 57.9 Å². The zero-order valence-corrected chi connectivity index (χ0v) is 20.6. The quantitative estimate of drug-likeness (QED) is 0.641. The summed E-state index contributed by atoms with van der Waals surface area (Å²) < 4.78 is 14.1. The van der Waals surface area contributed by atoms with Crippen LogP contribution in [0.1, 0.15) is 63.5 Å². The van der Waals surface area contributed by atoms with Crippen LogP contribution in [0.15, 0.2) is 18.2 Å². The van der Waals surface area contributed by atoms with Crippen LogP contribution in [0, 0.1) is 29.0 Å². The Morgan fingerprint density at radius 3 is 2.29 bits per heavy atom. The second kappa shape index (κ2) is 9.48. The first-order valence-corrected chi connectivity index (χ1v) is 13.1. The van der Waals surface area contributed by atoms with Crippen molar-refractivity contribution in [3.63, 3.8) is 0 Å². The van der Waals surface area contributed by atoms with Crippen molar-refractivity contribution >= 4 is 17.5 Å². The van der Waals surface area contributed by atoms with Gasteiger partial charge in [-0.2, -0.15) is 0 Å². The Labute approximate surface area is 202 Å². The number of carbonyl (C=O) groups is 2. The van der Waals surface area contributed by atoms with Gasteiger partial charge in [-0.3, -0.25) is 9.59 Å². The van der Waals surface area contributed by atoms with Crippen molar-refractivity contribution in [3.8, 4) is 0 Å². The van der Waals surface area contributed by atoms with Gasteiger partial charge < -0.3 is 20.4 Å². The van der Waals surface area contributed by atoms with E-state index >= 15 is 0 Å². The molecule has 4 aliphatic carbocycles. The number of anilines is 1. The van der Waals surface area contributed by atoms with E-state index in [9.17, 15) is 14.0 Å². The molecular weight excluding hydrogens is 431 g/mol. The molecule has 0 aromatic heterocycles. The average Bonchev–Trinajstić information content (AvgIpc) is 2.78. The third-order valence-electron chi connectivity index (χ3n) is 8.84. The van der Waals surface area contributed by atoms with Crippen molar-refractivity contribution < 1.29 is 14.0 Å². The summed E-state index contributed by atoms with van der Waals surface area (Å²) in [5.41, 5.74) is 1.60. The summed E-state index contributed by atoms with van der Waals surface area (Å²) in [5, 5.41) is 6.11. The molecule has 1 aliphatic heterocycles. The maximum atomic E-state index is 14.1. The fourth-order valence-electron chi connectivity index (χ4n) is 7.46. The second-order valence-electron chi connectivity index (χ2n) is 11.5. The zero-order chi connectivity index (χ0) is 23.9. The number of piperazine rings is 1. The van der Waals surface area contributed by atoms with E-state index in [0.717, 1.165) is 74.4 Å². The molecule has 5 aliphatic rings. The molecule has 4 saturated carbocycles. The van der Waals surface area contributed by atoms with Crippen LogP contribution < -0.4 is 15.5 Å². The second-order valence-corrected chi connectivity index (χ2v) is 11.5. The highest BCUT2D eigenvalue weighted by Crippen LogP contribution is 2.60. The van der Waals surface area contributed by atoms with Crippen LogP contribution >= 0.6 is 0 Å². The van der Waals surface area contributed by atoms with Gasteiger partial charge in [0.1, 0.15) is 5.82 Å². The van der Waals surface area contributed by atoms with Crippen molar-refractivity contribution in [2.75, 3.05) is 44.7 Å². The third-order valence-corrected chi connectivity index (χ3v) is 8.84. The van der Waals surface area contributed by atoms with E-state index in [1.807, 2.05) is 13.0 Å². The lowest BCUT2D eigenvalue weighted by atomic mass is 9.49. The molecule has 1 aromatic rings. The fourth-order valence-corrected chi connectivity index (χ4v) is 7.46. The fraction of sp³-hybridized carbons (Fsp3) is 0.704. The summed E-state index contributed by atoms with van der Waals surface area (Å²) in [5.74, 6) is 1.92. The molecule has 4 bridgehead atoms. The van der Waals surface area contributed by atoms with Crippen LogP contribution in [-0.4, -0.2) is 56.5 Å². The molecular formula is C27H39FN4O2. The predicted octanol–water partition coefficient (Wildman–Crippen LogP) is 3.48. The smallest absolute Gasteiger partial charge is 0.226 e. The maximum Gasteiger partial charge on any atom is 0.226 e. The van der Waals surface area contributed by atoms with Gasteiger partial charge in [-0.05, 0) is 88.4 Å². The van der Waals surface area contributed by atoms with Crippen molar-refractivity contribution in [1.82, 2.24) is 15.5 Å². The summed E-state index contributed by atoms with van der Waals surface area (Å²) >= 11 is 0. The van der Waals surface area contributed by atoms with Crippen molar-refractivity contribution in [1.29, 1.82) is 0 Å². The normalized spacial score (nSPS) is 31.4. The number of hydrogen-bond donors (Lipinski definition) is 2. The van der Waals surface area contributed by atoms with E-state index in [2.05, 4.69) is 27.5 Å². The van der Waals surface area contributed by atoms with Gasteiger partial charge in [0.05, 0.1) is 6.04 Å². The summed E-state index contributed by atoms with van der Waals surface area (Å²) in [4.78, 5) is 30.4. The van der Waals surface area contributed by atoms with Gasteiger partial charge in [0.15, 0.2) is 0 Å². The summed E-state index contributed by atoms with van der Waals surface area (Å²) in [6.45, 7) is 5.94. The van der Waals surface area contributed by atoms with Crippen molar-refractivity contribution in [2.24, 2.45) is 23.2 Å². The molecule has 7 heteroatoms. The Morgan fingerprint density at radius 1 is 1.06 bits per heavy atom. The molecule has 1 unspecified atom stereocenters. The largest absolute Gasteiger partial charge is 0.369 e. The van der Waals surface area contributed by atoms with E-state index in [4.69, 9.17) is 0 Å². The number of benzene rings is 1. The Bertz CT molecular complexity index is 892. The lowest BCUT2D eigenvalue weighted by Crippen LogP contribution is -2.53. The van der Waals surface area contributed by atoms with Gasteiger partial charge in [-0.1, -0.05) is 0 Å². The number of likely N-dealkylation sites (N-methyl/N-ethyl adjacent to an activating group) is 1.